The zero-order valence-electron chi connectivity index (χ0n) is 9.54. The predicted molar refractivity (Wildman–Crippen MR) is 59.9 cm³/mol. The van der Waals surface area contributed by atoms with Crippen LogP contribution in [0, 0.1) is 5.82 Å². The molecular formula is C13H15FO3. The van der Waals surface area contributed by atoms with E-state index in [1.807, 2.05) is 0 Å². The summed E-state index contributed by atoms with van der Waals surface area (Å²) in [6.45, 7) is 1.02. The van der Waals surface area contributed by atoms with E-state index in [4.69, 9.17) is 9.47 Å². The van der Waals surface area contributed by atoms with Crippen molar-refractivity contribution < 1.29 is 19.0 Å². The minimum Gasteiger partial charge on any atom is -0.489 e. The third kappa shape index (κ3) is 2.22. The van der Waals surface area contributed by atoms with E-state index in [0.29, 0.717) is 25.4 Å². The molecular weight excluding hydrogens is 223 g/mol. The zero-order valence-corrected chi connectivity index (χ0v) is 9.54. The van der Waals surface area contributed by atoms with E-state index in [0.717, 1.165) is 24.8 Å². The summed E-state index contributed by atoms with van der Waals surface area (Å²) < 4.78 is 24.6. The van der Waals surface area contributed by atoms with Gasteiger partial charge >= 0.3 is 0 Å². The van der Waals surface area contributed by atoms with Crippen molar-refractivity contribution in [2.45, 2.75) is 31.3 Å². The molecule has 92 valence electrons. The van der Waals surface area contributed by atoms with E-state index in [1.54, 1.807) is 6.07 Å². The molecule has 1 heterocycles. The van der Waals surface area contributed by atoms with Crippen LogP contribution in [0.1, 0.15) is 24.8 Å². The van der Waals surface area contributed by atoms with E-state index in [1.165, 1.54) is 6.07 Å². The van der Waals surface area contributed by atoms with Gasteiger partial charge in [-0.25, -0.2) is 4.39 Å². The highest BCUT2D eigenvalue weighted by atomic mass is 19.1. The first-order valence-electron chi connectivity index (χ1n) is 5.97. The molecule has 0 spiro atoms. The summed E-state index contributed by atoms with van der Waals surface area (Å²) in [4.78, 5) is 0. The number of benzene rings is 1. The van der Waals surface area contributed by atoms with Gasteiger partial charge < -0.3 is 14.6 Å². The SMILES string of the molecule is OC1(Cc2cc(F)c3c(c2)OCCCO3)CC1. The topological polar surface area (TPSA) is 38.7 Å². The van der Waals surface area contributed by atoms with E-state index in [9.17, 15) is 9.50 Å². The average Bonchev–Trinajstić information content (AvgIpc) is 3.02. The zero-order chi connectivity index (χ0) is 11.9. The van der Waals surface area contributed by atoms with Crippen LogP contribution >= 0.6 is 0 Å². The maximum absolute atomic E-state index is 13.8. The van der Waals surface area contributed by atoms with Gasteiger partial charge in [0.25, 0.3) is 0 Å². The quantitative estimate of drug-likeness (QED) is 0.857. The van der Waals surface area contributed by atoms with Gasteiger partial charge in [0, 0.05) is 12.8 Å². The van der Waals surface area contributed by atoms with Crippen LogP contribution in [0.2, 0.25) is 0 Å². The number of halogens is 1. The average molecular weight is 238 g/mol. The van der Waals surface area contributed by atoms with Gasteiger partial charge in [0.1, 0.15) is 0 Å². The lowest BCUT2D eigenvalue weighted by Crippen LogP contribution is -2.11. The standard InChI is InChI=1S/C13H15FO3/c14-10-6-9(8-13(15)2-3-13)7-11-12(10)17-5-1-4-16-11/h6-7,15H,1-5,8H2. The second-order valence-electron chi connectivity index (χ2n) is 4.86. The Morgan fingerprint density at radius 3 is 2.76 bits per heavy atom. The molecule has 1 fully saturated rings. The molecule has 4 heteroatoms. The molecule has 0 amide bonds. The van der Waals surface area contributed by atoms with Crippen molar-refractivity contribution in [3.05, 3.63) is 23.5 Å². The summed E-state index contributed by atoms with van der Waals surface area (Å²) in [6, 6.07) is 3.21. The molecule has 0 radical (unpaired) electrons. The van der Waals surface area contributed by atoms with Crippen LogP contribution in [-0.2, 0) is 6.42 Å². The summed E-state index contributed by atoms with van der Waals surface area (Å²) in [5.41, 5.74) is 0.151. The Morgan fingerprint density at radius 2 is 2.00 bits per heavy atom. The van der Waals surface area contributed by atoms with E-state index in [2.05, 4.69) is 0 Å². The largest absolute Gasteiger partial charge is 0.489 e. The van der Waals surface area contributed by atoms with Crippen LogP contribution in [0.3, 0.4) is 0 Å². The minimum absolute atomic E-state index is 0.203. The molecule has 1 aromatic carbocycles. The predicted octanol–water partition coefficient (Wildman–Crippen LogP) is 2.05. The number of hydrogen-bond acceptors (Lipinski definition) is 3. The van der Waals surface area contributed by atoms with Gasteiger partial charge in [-0.15, -0.1) is 0 Å². The highest BCUT2D eigenvalue weighted by molar-refractivity contribution is 5.45. The third-order valence-corrected chi connectivity index (χ3v) is 3.22. The maximum Gasteiger partial charge on any atom is 0.197 e. The van der Waals surface area contributed by atoms with Gasteiger partial charge in [-0.05, 0) is 30.5 Å². The van der Waals surface area contributed by atoms with Crippen LogP contribution in [0.4, 0.5) is 4.39 Å². The third-order valence-electron chi connectivity index (χ3n) is 3.22. The monoisotopic (exact) mass is 238 g/mol. The fourth-order valence-corrected chi connectivity index (χ4v) is 2.09. The molecule has 1 N–H and O–H groups in total. The van der Waals surface area contributed by atoms with Crippen LogP contribution in [0.15, 0.2) is 12.1 Å². The highest BCUT2D eigenvalue weighted by Crippen LogP contribution is 2.41. The number of fused-ring (bicyclic) bond motifs is 1. The van der Waals surface area contributed by atoms with Crippen LogP contribution in [0.5, 0.6) is 11.5 Å². The molecule has 0 bridgehead atoms. The van der Waals surface area contributed by atoms with Crippen LogP contribution < -0.4 is 9.47 Å². The van der Waals surface area contributed by atoms with Gasteiger partial charge in [0.15, 0.2) is 17.3 Å². The Morgan fingerprint density at radius 1 is 1.24 bits per heavy atom. The second kappa shape index (κ2) is 3.88. The first-order valence-corrected chi connectivity index (χ1v) is 5.97. The molecule has 1 aromatic rings. The van der Waals surface area contributed by atoms with Crippen molar-refractivity contribution in [1.82, 2.24) is 0 Å². The summed E-state index contributed by atoms with van der Waals surface area (Å²) in [5.74, 6) is 0.263. The Balaban J connectivity index is 1.91. The lowest BCUT2D eigenvalue weighted by Gasteiger charge is -2.12. The van der Waals surface area contributed by atoms with Crippen molar-refractivity contribution in [1.29, 1.82) is 0 Å². The van der Waals surface area contributed by atoms with Crippen molar-refractivity contribution in [2.75, 3.05) is 13.2 Å². The van der Waals surface area contributed by atoms with Crippen molar-refractivity contribution in [2.24, 2.45) is 0 Å². The van der Waals surface area contributed by atoms with Crippen LogP contribution in [0.25, 0.3) is 0 Å². The molecule has 3 nitrogen and oxygen atoms in total. The van der Waals surface area contributed by atoms with Crippen molar-refractivity contribution in [3.63, 3.8) is 0 Å². The van der Waals surface area contributed by atoms with Crippen molar-refractivity contribution >= 4 is 0 Å². The van der Waals surface area contributed by atoms with E-state index in [-0.39, 0.29) is 5.75 Å². The number of rotatable bonds is 2. The van der Waals surface area contributed by atoms with Gasteiger partial charge in [-0.1, -0.05) is 0 Å². The fourth-order valence-electron chi connectivity index (χ4n) is 2.09. The molecule has 0 atom stereocenters. The number of ether oxygens (including phenoxy) is 2. The second-order valence-corrected chi connectivity index (χ2v) is 4.86. The van der Waals surface area contributed by atoms with Gasteiger partial charge in [0.2, 0.25) is 0 Å². The number of hydrogen-bond donors (Lipinski definition) is 1. The molecule has 0 unspecified atom stereocenters. The summed E-state index contributed by atoms with van der Waals surface area (Å²) in [5, 5.41) is 9.84. The smallest absolute Gasteiger partial charge is 0.197 e. The highest BCUT2D eigenvalue weighted by Gasteiger charge is 2.40. The molecule has 2 aliphatic rings. The van der Waals surface area contributed by atoms with Crippen molar-refractivity contribution in [3.8, 4) is 11.5 Å². The summed E-state index contributed by atoms with van der Waals surface area (Å²) in [6.07, 6.45) is 2.83. The molecule has 17 heavy (non-hydrogen) atoms. The Labute approximate surface area is 99.2 Å². The Bertz CT molecular complexity index is 441. The summed E-state index contributed by atoms with van der Waals surface area (Å²) in [7, 11) is 0. The molecule has 0 aromatic heterocycles. The molecule has 1 aliphatic heterocycles. The molecule has 0 saturated heterocycles. The first kappa shape index (κ1) is 10.8. The Hall–Kier alpha value is -1.29. The lowest BCUT2D eigenvalue weighted by atomic mass is 10.1. The minimum atomic E-state index is -0.619. The van der Waals surface area contributed by atoms with E-state index >= 15 is 0 Å². The number of aliphatic hydroxyl groups is 1. The summed E-state index contributed by atoms with van der Waals surface area (Å²) >= 11 is 0. The first-order chi connectivity index (χ1) is 8.16. The van der Waals surface area contributed by atoms with Gasteiger partial charge in [0.05, 0.1) is 18.8 Å². The Kier molecular flexibility index (Phi) is 2.47. The molecule has 1 saturated carbocycles. The van der Waals surface area contributed by atoms with Gasteiger partial charge in [-0.3, -0.25) is 0 Å². The molecule has 3 rings (SSSR count). The van der Waals surface area contributed by atoms with E-state index < -0.39 is 11.4 Å². The van der Waals surface area contributed by atoms with Crippen LogP contribution in [-0.4, -0.2) is 23.9 Å². The van der Waals surface area contributed by atoms with Gasteiger partial charge in [-0.2, -0.15) is 0 Å². The normalized spacial score (nSPS) is 20.8. The fraction of sp³-hybridized carbons (Fsp3) is 0.538. The maximum atomic E-state index is 13.8. The molecule has 1 aliphatic carbocycles. The lowest BCUT2D eigenvalue weighted by molar-refractivity contribution is 0.150.